The van der Waals surface area contributed by atoms with E-state index in [1.807, 2.05) is 84.0 Å². The second kappa shape index (κ2) is 10.6. The second-order valence-electron chi connectivity index (χ2n) is 11.6. The number of nitrogens with zero attached hydrogens (tertiary/aromatic N) is 8. The van der Waals surface area contributed by atoms with Gasteiger partial charge in [0.1, 0.15) is 5.82 Å². The largest absolute Gasteiger partial charge is 0.357 e. The third kappa shape index (κ3) is 4.85. The molecule has 2 fully saturated rings. The molecule has 0 saturated carbocycles. The van der Waals surface area contributed by atoms with Crippen LogP contribution < -0.4 is 4.90 Å². The summed E-state index contributed by atoms with van der Waals surface area (Å²) in [5.41, 5.74) is 7.45. The van der Waals surface area contributed by atoms with Gasteiger partial charge in [-0.3, -0.25) is 14.5 Å². The molecule has 0 bridgehead atoms. The summed E-state index contributed by atoms with van der Waals surface area (Å²) in [7, 11) is 3.69. The number of benzene rings is 1. The van der Waals surface area contributed by atoms with E-state index in [0.717, 1.165) is 83.7 Å². The Kier molecular flexibility index (Phi) is 6.57. The predicted molar refractivity (Wildman–Crippen MR) is 165 cm³/mol. The van der Waals surface area contributed by atoms with Crippen molar-refractivity contribution in [2.75, 3.05) is 38.1 Å². The van der Waals surface area contributed by atoms with Gasteiger partial charge in [0, 0.05) is 98.3 Å². The van der Waals surface area contributed by atoms with E-state index in [1.54, 1.807) is 11.7 Å². The van der Waals surface area contributed by atoms with Crippen molar-refractivity contribution in [1.29, 1.82) is 0 Å². The van der Waals surface area contributed by atoms with Crippen LogP contribution >= 0.6 is 0 Å². The number of aromatic nitrogens is 5. The van der Waals surface area contributed by atoms with Crippen LogP contribution in [-0.2, 0) is 18.3 Å². The SMILES string of the molecule is CN=Cc1cnn2cc(-c3cnn(C)c3)cc(-c3ccc(N4CCC5(CC4)CN(C(=O)Cc4ccccc4)C5)nc3)c12. The zero-order valence-electron chi connectivity index (χ0n) is 24.0. The van der Waals surface area contributed by atoms with Crippen molar-refractivity contribution in [3.05, 3.63) is 90.6 Å². The maximum Gasteiger partial charge on any atom is 0.227 e. The number of hydrogen-bond donors (Lipinski definition) is 0. The lowest BCUT2D eigenvalue weighted by Crippen LogP contribution is -2.62. The molecule has 2 aliphatic heterocycles. The number of aryl methyl sites for hydroxylation is 1. The molecule has 0 atom stereocenters. The summed E-state index contributed by atoms with van der Waals surface area (Å²) in [5.74, 6) is 1.23. The van der Waals surface area contributed by atoms with Gasteiger partial charge in [-0.05, 0) is 36.6 Å². The maximum absolute atomic E-state index is 12.8. The van der Waals surface area contributed by atoms with Crippen LogP contribution in [-0.4, -0.2) is 74.6 Å². The van der Waals surface area contributed by atoms with Gasteiger partial charge >= 0.3 is 0 Å². The third-order valence-corrected chi connectivity index (χ3v) is 8.76. The van der Waals surface area contributed by atoms with Crippen LogP contribution in [0.5, 0.6) is 0 Å². The molecule has 1 aromatic carbocycles. The zero-order chi connectivity index (χ0) is 28.7. The minimum Gasteiger partial charge on any atom is -0.357 e. The van der Waals surface area contributed by atoms with Gasteiger partial charge in [-0.15, -0.1) is 0 Å². The van der Waals surface area contributed by atoms with Crippen molar-refractivity contribution in [2.45, 2.75) is 19.3 Å². The molecule has 5 aromatic rings. The standard InChI is InChI=1S/C33H34N8O/c1-34-16-27-18-37-41-21-26(28-19-36-38(2)20-28)15-29(32(27)41)25-8-9-30(35-17-25)39-12-10-33(11-13-39)22-40(23-33)31(42)14-24-6-4-3-5-7-24/h3-9,15-21H,10-14,22-23H2,1-2H3. The fourth-order valence-electron chi connectivity index (χ4n) is 6.41. The lowest BCUT2D eigenvalue weighted by molar-refractivity contribution is -0.144. The molecular formula is C33H34N8O. The molecule has 9 heteroatoms. The van der Waals surface area contributed by atoms with E-state index in [1.165, 1.54) is 0 Å². The molecule has 9 nitrogen and oxygen atoms in total. The molecule has 212 valence electrons. The molecule has 1 spiro atoms. The van der Waals surface area contributed by atoms with Gasteiger partial charge in [0.2, 0.25) is 5.91 Å². The number of aliphatic imine (C=N–C) groups is 1. The fourth-order valence-corrected chi connectivity index (χ4v) is 6.41. The van der Waals surface area contributed by atoms with Crippen molar-refractivity contribution in [3.8, 4) is 22.3 Å². The number of hydrogen-bond acceptors (Lipinski definition) is 6. The summed E-state index contributed by atoms with van der Waals surface area (Å²) in [6.45, 7) is 3.65. The van der Waals surface area contributed by atoms with E-state index in [0.29, 0.717) is 6.42 Å². The van der Waals surface area contributed by atoms with Crippen molar-refractivity contribution in [3.63, 3.8) is 0 Å². The van der Waals surface area contributed by atoms with E-state index in [-0.39, 0.29) is 11.3 Å². The first kappa shape index (κ1) is 26.1. The Balaban J connectivity index is 1.06. The monoisotopic (exact) mass is 558 g/mol. The first-order valence-electron chi connectivity index (χ1n) is 14.5. The molecular weight excluding hydrogens is 524 g/mol. The smallest absolute Gasteiger partial charge is 0.227 e. The van der Waals surface area contributed by atoms with Gasteiger partial charge in [-0.25, -0.2) is 9.50 Å². The number of piperidine rings is 1. The van der Waals surface area contributed by atoms with E-state index in [2.05, 4.69) is 38.3 Å². The number of anilines is 1. The fraction of sp³-hybridized carbons (Fsp3) is 0.303. The quantitative estimate of drug-likeness (QED) is 0.286. The molecule has 0 unspecified atom stereocenters. The van der Waals surface area contributed by atoms with Crippen LogP contribution in [0.15, 0.2) is 84.5 Å². The number of fused-ring (bicyclic) bond motifs is 1. The molecule has 6 heterocycles. The number of rotatable bonds is 6. The Morgan fingerprint density at radius 1 is 0.952 bits per heavy atom. The maximum atomic E-state index is 12.8. The molecule has 42 heavy (non-hydrogen) atoms. The normalized spacial score (nSPS) is 16.4. The summed E-state index contributed by atoms with van der Waals surface area (Å²) in [5, 5.41) is 8.97. The first-order valence-corrected chi connectivity index (χ1v) is 14.5. The highest BCUT2D eigenvalue weighted by atomic mass is 16.2. The minimum absolute atomic E-state index is 0.236. The second-order valence-corrected chi connectivity index (χ2v) is 11.6. The van der Waals surface area contributed by atoms with Crippen LogP contribution in [0.25, 0.3) is 27.8 Å². The molecule has 4 aromatic heterocycles. The Morgan fingerprint density at radius 2 is 1.76 bits per heavy atom. The predicted octanol–water partition coefficient (Wildman–Crippen LogP) is 4.52. The topological polar surface area (TPSA) is 83.9 Å². The molecule has 1 amide bonds. The number of pyridine rings is 2. The van der Waals surface area contributed by atoms with Crippen molar-refractivity contribution in [1.82, 2.24) is 29.3 Å². The first-order chi connectivity index (χ1) is 20.5. The van der Waals surface area contributed by atoms with Crippen LogP contribution in [0.3, 0.4) is 0 Å². The molecule has 0 N–H and O–H groups in total. The van der Waals surface area contributed by atoms with E-state index < -0.39 is 0 Å². The summed E-state index contributed by atoms with van der Waals surface area (Å²) in [4.78, 5) is 26.3. The minimum atomic E-state index is 0.236. The summed E-state index contributed by atoms with van der Waals surface area (Å²) in [6, 6.07) is 16.5. The van der Waals surface area contributed by atoms with Crippen LogP contribution in [0.2, 0.25) is 0 Å². The highest BCUT2D eigenvalue weighted by Crippen LogP contribution is 2.41. The van der Waals surface area contributed by atoms with Crippen molar-refractivity contribution in [2.24, 2.45) is 17.5 Å². The van der Waals surface area contributed by atoms with Crippen LogP contribution in [0, 0.1) is 5.41 Å². The number of likely N-dealkylation sites (tertiary alicyclic amines) is 1. The molecule has 0 radical (unpaired) electrons. The number of carbonyl (C=O) groups excluding carboxylic acids is 1. The Bertz CT molecular complexity index is 1750. The van der Waals surface area contributed by atoms with Crippen molar-refractivity contribution < 1.29 is 4.79 Å². The molecule has 7 rings (SSSR count). The van der Waals surface area contributed by atoms with E-state index in [9.17, 15) is 4.79 Å². The van der Waals surface area contributed by atoms with Gasteiger partial charge in [0.15, 0.2) is 0 Å². The molecule has 2 saturated heterocycles. The van der Waals surface area contributed by atoms with Gasteiger partial charge < -0.3 is 9.80 Å². The Labute approximate surface area is 245 Å². The van der Waals surface area contributed by atoms with Gasteiger partial charge in [-0.1, -0.05) is 30.3 Å². The van der Waals surface area contributed by atoms with Crippen LogP contribution in [0.1, 0.15) is 24.0 Å². The molecule has 2 aliphatic rings. The lowest BCUT2D eigenvalue weighted by atomic mass is 9.72. The summed E-state index contributed by atoms with van der Waals surface area (Å²) < 4.78 is 3.72. The summed E-state index contributed by atoms with van der Waals surface area (Å²) in [6.07, 6.45) is 14.2. The van der Waals surface area contributed by atoms with Crippen LogP contribution in [0.4, 0.5) is 5.82 Å². The van der Waals surface area contributed by atoms with Gasteiger partial charge in [-0.2, -0.15) is 10.2 Å². The molecule has 0 aliphatic carbocycles. The number of carbonyl (C=O) groups is 1. The van der Waals surface area contributed by atoms with E-state index >= 15 is 0 Å². The average molecular weight is 559 g/mol. The zero-order valence-corrected chi connectivity index (χ0v) is 24.0. The summed E-state index contributed by atoms with van der Waals surface area (Å²) >= 11 is 0. The highest BCUT2D eigenvalue weighted by Gasteiger charge is 2.46. The average Bonchev–Trinajstić information content (AvgIpc) is 3.62. The Morgan fingerprint density at radius 3 is 2.45 bits per heavy atom. The third-order valence-electron chi connectivity index (χ3n) is 8.76. The van der Waals surface area contributed by atoms with Crippen molar-refractivity contribution >= 4 is 23.5 Å². The van der Waals surface area contributed by atoms with Gasteiger partial charge in [0.25, 0.3) is 0 Å². The van der Waals surface area contributed by atoms with Gasteiger partial charge in [0.05, 0.1) is 24.3 Å². The lowest BCUT2D eigenvalue weighted by Gasteiger charge is -2.54. The highest BCUT2D eigenvalue weighted by molar-refractivity contribution is 5.97. The Hall–Kier alpha value is -4.79. The number of amides is 1. The van der Waals surface area contributed by atoms with E-state index in [4.69, 9.17) is 4.98 Å².